The van der Waals surface area contributed by atoms with E-state index in [2.05, 4.69) is 24.9 Å². The number of hydrogen-bond acceptors (Lipinski definition) is 4. The Labute approximate surface area is 130 Å². The van der Waals surface area contributed by atoms with Crippen LogP contribution in [0.2, 0.25) is 0 Å². The Hall–Kier alpha value is -1.68. The molecule has 0 unspecified atom stereocenters. The van der Waals surface area contributed by atoms with Crippen molar-refractivity contribution in [2.24, 2.45) is 0 Å². The average Bonchev–Trinajstić information content (AvgIpc) is 2.87. The highest BCUT2D eigenvalue weighted by Crippen LogP contribution is 2.23. The molecule has 4 heteroatoms. The van der Waals surface area contributed by atoms with Crippen molar-refractivity contribution in [3.05, 3.63) is 44.9 Å². The number of hydrogen-bond donors (Lipinski definition) is 0. The van der Waals surface area contributed by atoms with Gasteiger partial charge in [0.1, 0.15) is 5.75 Å². The standard InChI is InChI=1S/C17H21NO2S/c1-5-14-17(13(4)19)21-16(18-14)9-10-20-15-8-6-7-11(2)12(15)3/h6-8H,5,9-10H2,1-4H3. The highest BCUT2D eigenvalue weighted by atomic mass is 32.1. The van der Waals surface area contributed by atoms with Gasteiger partial charge in [-0.2, -0.15) is 0 Å². The SMILES string of the molecule is CCc1nc(CCOc2cccc(C)c2C)sc1C(C)=O. The maximum atomic E-state index is 11.6. The summed E-state index contributed by atoms with van der Waals surface area (Å²) in [6.07, 6.45) is 1.53. The maximum Gasteiger partial charge on any atom is 0.171 e. The van der Waals surface area contributed by atoms with Crippen LogP contribution in [0.3, 0.4) is 0 Å². The van der Waals surface area contributed by atoms with Crippen molar-refractivity contribution in [1.29, 1.82) is 0 Å². The van der Waals surface area contributed by atoms with E-state index in [-0.39, 0.29) is 5.78 Å². The minimum absolute atomic E-state index is 0.103. The minimum Gasteiger partial charge on any atom is -0.493 e. The van der Waals surface area contributed by atoms with Gasteiger partial charge in [0.25, 0.3) is 0 Å². The van der Waals surface area contributed by atoms with Crippen LogP contribution < -0.4 is 4.74 Å². The Kier molecular flexibility index (Phi) is 5.12. The molecule has 0 aliphatic rings. The first-order chi connectivity index (χ1) is 10.0. The molecule has 1 aromatic carbocycles. The third-order valence-electron chi connectivity index (χ3n) is 3.52. The summed E-state index contributed by atoms with van der Waals surface area (Å²) in [6, 6.07) is 6.07. The number of thiazole rings is 1. The molecule has 1 aromatic heterocycles. The van der Waals surface area contributed by atoms with Crippen LogP contribution in [-0.4, -0.2) is 17.4 Å². The van der Waals surface area contributed by atoms with Crippen LogP contribution in [0.4, 0.5) is 0 Å². The van der Waals surface area contributed by atoms with Gasteiger partial charge in [0.15, 0.2) is 5.78 Å². The molecule has 0 bridgehead atoms. The molecule has 2 aromatic rings. The van der Waals surface area contributed by atoms with Crippen molar-refractivity contribution >= 4 is 17.1 Å². The summed E-state index contributed by atoms with van der Waals surface area (Å²) in [7, 11) is 0. The fraction of sp³-hybridized carbons (Fsp3) is 0.412. The van der Waals surface area contributed by atoms with Crippen LogP contribution in [0.25, 0.3) is 0 Å². The van der Waals surface area contributed by atoms with Gasteiger partial charge in [-0.3, -0.25) is 4.79 Å². The van der Waals surface area contributed by atoms with Crippen molar-refractivity contribution in [3.8, 4) is 5.75 Å². The van der Waals surface area contributed by atoms with E-state index in [0.717, 1.165) is 34.2 Å². The van der Waals surface area contributed by atoms with Crippen LogP contribution in [-0.2, 0) is 12.8 Å². The first-order valence-electron chi connectivity index (χ1n) is 7.21. The van der Waals surface area contributed by atoms with Gasteiger partial charge in [-0.25, -0.2) is 4.98 Å². The molecule has 0 N–H and O–H groups in total. The third-order valence-corrected chi connectivity index (χ3v) is 4.78. The molecule has 3 nitrogen and oxygen atoms in total. The Morgan fingerprint density at radius 2 is 2.10 bits per heavy atom. The Morgan fingerprint density at radius 1 is 1.33 bits per heavy atom. The van der Waals surface area contributed by atoms with Gasteiger partial charge in [-0.1, -0.05) is 19.1 Å². The molecule has 112 valence electrons. The zero-order chi connectivity index (χ0) is 15.4. The molecule has 21 heavy (non-hydrogen) atoms. The summed E-state index contributed by atoms with van der Waals surface area (Å²) in [6.45, 7) is 8.35. The second-order valence-electron chi connectivity index (χ2n) is 5.09. The Balaban J connectivity index is 2.00. The van der Waals surface area contributed by atoms with Gasteiger partial charge in [-0.15, -0.1) is 11.3 Å². The molecule has 2 rings (SSSR count). The van der Waals surface area contributed by atoms with Gasteiger partial charge in [0.2, 0.25) is 0 Å². The van der Waals surface area contributed by atoms with E-state index in [0.29, 0.717) is 6.61 Å². The van der Waals surface area contributed by atoms with Crippen molar-refractivity contribution in [3.63, 3.8) is 0 Å². The fourth-order valence-electron chi connectivity index (χ4n) is 2.15. The summed E-state index contributed by atoms with van der Waals surface area (Å²) in [5, 5.41) is 0.974. The second-order valence-corrected chi connectivity index (χ2v) is 6.17. The summed E-state index contributed by atoms with van der Waals surface area (Å²) >= 11 is 1.49. The summed E-state index contributed by atoms with van der Waals surface area (Å²) < 4.78 is 5.85. The first kappa shape index (κ1) is 15.7. The molecule has 0 aliphatic carbocycles. The molecule has 0 spiro atoms. The van der Waals surface area contributed by atoms with Gasteiger partial charge >= 0.3 is 0 Å². The quantitative estimate of drug-likeness (QED) is 0.753. The van der Waals surface area contributed by atoms with E-state index in [1.807, 2.05) is 19.1 Å². The number of ether oxygens (including phenoxy) is 1. The molecular weight excluding hydrogens is 282 g/mol. The van der Waals surface area contributed by atoms with Crippen LogP contribution in [0.5, 0.6) is 5.75 Å². The van der Waals surface area contributed by atoms with Gasteiger partial charge in [0, 0.05) is 13.3 Å². The molecule has 1 heterocycles. The molecule has 0 saturated carbocycles. The fourth-order valence-corrected chi connectivity index (χ4v) is 3.18. The smallest absolute Gasteiger partial charge is 0.171 e. The van der Waals surface area contributed by atoms with Gasteiger partial charge in [0.05, 0.1) is 22.2 Å². The molecule has 0 atom stereocenters. The van der Waals surface area contributed by atoms with Crippen LogP contribution >= 0.6 is 11.3 Å². The maximum absolute atomic E-state index is 11.6. The number of nitrogens with zero attached hydrogens (tertiary/aromatic N) is 1. The number of rotatable bonds is 6. The normalized spacial score (nSPS) is 10.7. The number of carbonyl (C=O) groups is 1. The zero-order valence-corrected chi connectivity index (χ0v) is 13.8. The number of Topliss-reactive ketones (excluding diaryl/α,β-unsaturated/α-hetero) is 1. The molecule has 0 radical (unpaired) electrons. The first-order valence-corrected chi connectivity index (χ1v) is 8.03. The van der Waals surface area contributed by atoms with Crippen LogP contribution in [0.15, 0.2) is 18.2 Å². The van der Waals surface area contributed by atoms with Crippen LogP contribution in [0.1, 0.15) is 45.3 Å². The van der Waals surface area contributed by atoms with Crippen LogP contribution in [0, 0.1) is 13.8 Å². The number of ketones is 1. The number of carbonyl (C=O) groups excluding carboxylic acids is 1. The van der Waals surface area contributed by atoms with Crippen molar-refractivity contribution < 1.29 is 9.53 Å². The van der Waals surface area contributed by atoms with E-state index in [1.165, 1.54) is 22.5 Å². The van der Waals surface area contributed by atoms with E-state index < -0.39 is 0 Å². The predicted octanol–water partition coefficient (Wildman–Crippen LogP) is 4.15. The second kappa shape index (κ2) is 6.85. The van der Waals surface area contributed by atoms with E-state index >= 15 is 0 Å². The lowest BCUT2D eigenvalue weighted by molar-refractivity contribution is 0.102. The van der Waals surface area contributed by atoms with Gasteiger partial charge < -0.3 is 4.74 Å². The topological polar surface area (TPSA) is 39.2 Å². The molecule has 0 fully saturated rings. The number of aromatic nitrogens is 1. The molecule has 0 saturated heterocycles. The molecule has 0 aliphatic heterocycles. The zero-order valence-electron chi connectivity index (χ0n) is 13.0. The van der Waals surface area contributed by atoms with Crippen molar-refractivity contribution in [2.75, 3.05) is 6.61 Å². The summed E-state index contributed by atoms with van der Waals surface area (Å²) in [5.74, 6) is 1.03. The monoisotopic (exact) mass is 303 g/mol. The Bertz CT molecular complexity index is 646. The predicted molar refractivity (Wildman–Crippen MR) is 86.6 cm³/mol. The van der Waals surface area contributed by atoms with E-state index in [4.69, 9.17) is 4.74 Å². The largest absolute Gasteiger partial charge is 0.493 e. The highest BCUT2D eigenvalue weighted by Gasteiger charge is 2.13. The third kappa shape index (κ3) is 3.70. The average molecular weight is 303 g/mol. The van der Waals surface area contributed by atoms with Gasteiger partial charge in [-0.05, 0) is 37.5 Å². The minimum atomic E-state index is 0.103. The Morgan fingerprint density at radius 3 is 2.71 bits per heavy atom. The lowest BCUT2D eigenvalue weighted by Crippen LogP contribution is -2.03. The van der Waals surface area contributed by atoms with Crippen molar-refractivity contribution in [1.82, 2.24) is 4.98 Å². The highest BCUT2D eigenvalue weighted by molar-refractivity contribution is 7.13. The van der Waals surface area contributed by atoms with Crippen molar-refractivity contribution in [2.45, 2.75) is 40.5 Å². The number of benzene rings is 1. The lowest BCUT2D eigenvalue weighted by Gasteiger charge is -2.09. The molecular formula is C17H21NO2S. The van der Waals surface area contributed by atoms with E-state index in [9.17, 15) is 4.79 Å². The summed E-state index contributed by atoms with van der Waals surface area (Å²) in [5.41, 5.74) is 3.32. The lowest BCUT2D eigenvalue weighted by atomic mass is 10.1. The molecule has 0 amide bonds. The summed E-state index contributed by atoms with van der Waals surface area (Å²) in [4.78, 5) is 16.9. The van der Waals surface area contributed by atoms with E-state index in [1.54, 1.807) is 6.92 Å². The number of aryl methyl sites for hydroxylation is 2.